The van der Waals surface area contributed by atoms with Crippen LogP contribution in [0.25, 0.3) is 0 Å². The van der Waals surface area contributed by atoms with Gasteiger partial charge in [0, 0.05) is 0 Å². The van der Waals surface area contributed by atoms with Crippen molar-refractivity contribution in [2.75, 3.05) is 0 Å². The Kier molecular flexibility index (Phi) is 3.30. The summed E-state index contributed by atoms with van der Waals surface area (Å²) in [5.41, 5.74) is 1.54. The molecule has 0 N–H and O–H groups in total. The van der Waals surface area contributed by atoms with Crippen LogP contribution in [0.2, 0.25) is 0 Å². The Balaban J connectivity index is 3.30. The van der Waals surface area contributed by atoms with E-state index >= 15 is 0 Å². The van der Waals surface area contributed by atoms with Gasteiger partial charge in [0.05, 0.1) is 0 Å². The molecule has 1 aromatic heterocycles. The van der Waals surface area contributed by atoms with Gasteiger partial charge in [-0.3, -0.25) is 0 Å². The molecule has 0 saturated heterocycles. The number of rotatable bonds is 3. The minimum atomic E-state index is -6.92. The minimum Gasteiger partial charge on any atom is -0.192 e. The van der Waals surface area contributed by atoms with E-state index in [0.29, 0.717) is 0 Å². The first kappa shape index (κ1) is 15.0. The Morgan fingerprint density at radius 2 is 1.33 bits per heavy atom. The van der Waals surface area contributed by atoms with Gasteiger partial charge in [-0.25, -0.2) is 0 Å². The Labute approximate surface area is 96.4 Å². The van der Waals surface area contributed by atoms with Crippen molar-refractivity contribution in [2.24, 2.45) is 0 Å². The molecule has 1 aromatic rings. The summed E-state index contributed by atoms with van der Waals surface area (Å²) < 4.78 is 111. The highest BCUT2D eigenvalue weighted by atomic mass is 32.1. The van der Waals surface area contributed by atoms with Gasteiger partial charge in [0.15, 0.2) is 10.5 Å². The van der Waals surface area contributed by atoms with Crippen molar-refractivity contribution in [1.82, 2.24) is 10.2 Å². The molecule has 0 atom stereocenters. The molecule has 103 valence electrons. The molecule has 0 amide bonds. The maximum Gasteiger partial charge on any atom is 0.460 e. The second kappa shape index (κ2) is 3.96. The van der Waals surface area contributed by atoms with E-state index in [1.165, 1.54) is 5.51 Å². The molecule has 0 spiro atoms. The molecule has 0 unspecified atom stereocenters. The van der Waals surface area contributed by atoms with Crippen LogP contribution in [-0.2, 0) is 5.92 Å². The van der Waals surface area contributed by atoms with E-state index in [4.69, 9.17) is 0 Å². The number of alkyl halides is 9. The van der Waals surface area contributed by atoms with E-state index in [2.05, 4.69) is 10.2 Å². The third-order valence-corrected chi connectivity index (χ3v) is 2.44. The smallest absolute Gasteiger partial charge is 0.192 e. The van der Waals surface area contributed by atoms with E-state index in [-0.39, 0.29) is 0 Å². The molecular weight excluding hydrogens is 303 g/mol. The van der Waals surface area contributed by atoms with Crippen LogP contribution in [-0.4, -0.2) is 28.2 Å². The lowest BCUT2D eigenvalue weighted by Gasteiger charge is -2.32. The molecule has 18 heavy (non-hydrogen) atoms. The molecule has 0 aliphatic heterocycles. The summed E-state index contributed by atoms with van der Waals surface area (Å²) in [4.78, 5) is 0. The molecule has 0 aromatic carbocycles. The van der Waals surface area contributed by atoms with Gasteiger partial charge in [-0.15, -0.1) is 10.2 Å². The molecule has 2 nitrogen and oxygen atoms in total. The van der Waals surface area contributed by atoms with Crippen molar-refractivity contribution in [1.29, 1.82) is 0 Å². The third kappa shape index (κ3) is 1.91. The van der Waals surface area contributed by atoms with Gasteiger partial charge in [-0.2, -0.15) is 39.5 Å². The summed E-state index contributed by atoms with van der Waals surface area (Å²) in [7, 11) is 0. The standard InChI is InChI=1S/C6F9N2S/c7-3(8,2-17-16-1-18-2)4(9,10)5(11,12)6(13,14)15. The summed E-state index contributed by atoms with van der Waals surface area (Å²) in [6, 6.07) is 0. The molecule has 1 radical (unpaired) electrons. The van der Waals surface area contributed by atoms with Gasteiger partial charge in [0.25, 0.3) is 0 Å². The second-order valence-corrected chi connectivity index (χ2v) is 3.69. The summed E-state index contributed by atoms with van der Waals surface area (Å²) in [6.07, 6.45) is -6.84. The summed E-state index contributed by atoms with van der Waals surface area (Å²) in [5, 5.41) is 2.89. The Bertz CT molecular complexity index is 409. The van der Waals surface area contributed by atoms with Crippen LogP contribution in [0.5, 0.6) is 0 Å². The maximum absolute atomic E-state index is 13.0. The van der Waals surface area contributed by atoms with E-state index in [9.17, 15) is 39.5 Å². The van der Waals surface area contributed by atoms with Gasteiger partial charge >= 0.3 is 23.9 Å². The summed E-state index contributed by atoms with van der Waals surface area (Å²) >= 11 is -0.394. The van der Waals surface area contributed by atoms with Crippen LogP contribution in [0.1, 0.15) is 5.01 Å². The van der Waals surface area contributed by atoms with Crippen molar-refractivity contribution in [3.05, 3.63) is 10.5 Å². The fourth-order valence-electron chi connectivity index (χ4n) is 0.786. The fourth-order valence-corrected chi connectivity index (χ4v) is 1.29. The van der Waals surface area contributed by atoms with Crippen molar-refractivity contribution in [2.45, 2.75) is 23.9 Å². The number of hydrogen-bond acceptors (Lipinski definition) is 3. The van der Waals surface area contributed by atoms with Crippen LogP contribution < -0.4 is 0 Å². The lowest BCUT2D eigenvalue weighted by atomic mass is 10.0. The molecule has 0 fully saturated rings. The Morgan fingerprint density at radius 1 is 0.833 bits per heavy atom. The molecule has 0 aliphatic rings. The van der Waals surface area contributed by atoms with Crippen molar-refractivity contribution >= 4 is 11.3 Å². The maximum atomic E-state index is 13.0. The number of aromatic nitrogens is 2. The first-order valence-electron chi connectivity index (χ1n) is 3.76. The first-order chi connectivity index (χ1) is 7.86. The van der Waals surface area contributed by atoms with Gasteiger partial charge in [-0.1, -0.05) is 11.3 Å². The molecule has 0 saturated carbocycles. The van der Waals surface area contributed by atoms with Crippen LogP contribution in [0, 0.1) is 5.51 Å². The average molecular weight is 303 g/mol. The quantitative estimate of drug-likeness (QED) is 0.801. The Morgan fingerprint density at radius 3 is 1.67 bits per heavy atom. The summed E-state index contributed by atoms with van der Waals surface area (Å²) in [6.45, 7) is 0. The predicted octanol–water partition coefficient (Wildman–Crippen LogP) is 3.26. The number of halogens is 9. The first-order valence-corrected chi connectivity index (χ1v) is 4.57. The van der Waals surface area contributed by atoms with E-state index in [1.54, 1.807) is 0 Å². The minimum absolute atomic E-state index is 0.394. The second-order valence-electron chi connectivity index (χ2n) is 2.92. The molecule has 12 heteroatoms. The van der Waals surface area contributed by atoms with Crippen molar-refractivity contribution < 1.29 is 39.5 Å². The highest BCUT2D eigenvalue weighted by molar-refractivity contribution is 7.08. The Hall–Kier alpha value is -1.07. The number of nitrogens with zero attached hydrogens (tertiary/aromatic N) is 2. The lowest BCUT2D eigenvalue weighted by Crippen LogP contribution is -2.59. The van der Waals surface area contributed by atoms with E-state index in [0.717, 1.165) is 0 Å². The topological polar surface area (TPSA) is 25.8 Å². The molecule has 0 aliphatic carbocycles. The highest BCUT2D eigenvalue weighted by Gasteiger charge is 2.82. The number of hydrogen-bond donors (Lipinski definition) is 0. The molecule has 1 heterocycles. The zero-order valence-electron chi connectivity index (χ0n) is 7.70. The van der Waals surface area contributed by atoms with Gasteiger partial charge < -0.3 is 0 Å². The van der Waals surface area contributed by atoms with E-state index < -0.39 is 40.3 Å². The highest BCUT2D eigenvalue weighted by Crippen LogP contribution is 2.56. The zero-order chi connectivity index (χ0) is 14.4. The lowest BCUT2D eigenvalue weighted by molar-refractivity contribution is -0.399. The van der Waals surface area contributed by atoms with Crippen LogP contribution in [0.3, 0.4) is 0 Å². The average Bonchev–Trinajstić information content (AvgIpc) is 2.68. The fraction of sp³-hybridized carbons (Fsp3) is 0.667. The van der Waals surface area contributed by atoms with E-state index in [1.807, 2.05) is 0 Å². The van der Waals surface area contributed by atoms with Crippen molar-refractivity contribution in [3.8, 4) is 0 Å². The monoisotopic (exact) mass is 303 g/mol. The van der Waals surface area contributed by atoms with Gasteiger partial charge in [-0.05, 0) is 0 Å². The van der Waals surface area contributed by atoms with Gasteiger partial charge in [0.1, 0.15) is 0 Å². The normalized spacial score (nSPS) is 14.9. The molecule has 1 rings (SSSR count). The molecular formula is C6F9N2S. The van der Waals surface area contributed by atoms with Gasteiger partial charge in [0.2, 0.25) is 0 Å². The van der Waals surface area contributed by atoms with Crippen LogP contribution in [0.15, 0.2) is 0 Å². The van der Waals surface area contributed by atoms with Crippen LogP contribution >= 0.6 is 11.3 Å². The third-order valence-electron chi connectivity index (χ3n) is 1.74. The largest absolute Gasteiger partial charge is 0.460 e. The SMILES string of the molecule is FC(F)(F)C(F)(F)C(F)(F)C(F)(F)c1nn[c]s1. The zero-order valence-corrected chi connectivity index (χ0v) is 8.52. The molecule has 0 bridgehead atoms. The van der Waals surface area contributed by atoms with Crippen molar-refractivity contribution in [3.63, 3.8) is 0 Å². The summed E-state index contributed by atoms with van der Waals surface area (Å²) in [5.74, 6) is -19.5. The predicted molar refractivity (Wildman–Crippen MR) is 38.6 cm³/mol. The van der Waals surface area contributed by atoms with Crippen LogP contribution in [0.4, 0.5) is 39.5 Å².